The standard InChI is InChI=1S/C20H19NO3/c1-23-13-9-7-12(8-10-13)18-16(20(22)24-2)11-15-14-5-3-4-6-17(14)21-19(15)18/h3-10,16,18,21H,11H2,1-2H3. The van der Waals surface area contributed by atoms with E-state index in [2.05, 4.69) is 17.1 Å². The third kappa shape index (κ3) is 2.18. The van der Waals surface area contributed by atoms with Gasteiger partial charge in [0.1, 0.15) is 5.75 Å². The number of ether oxygens (including phenoxy) is 2. The number of benzene rings is 2. The van der Waals surface area contributed by atoms with Crippen molar-refractivity contribution in [1.29, 1.82) is 0 Å². The van der Waals surface area contributed by atoms with Crippen LogP contribution in [0.4, 0.5) is 0 Å². The number of hydrogen-bond donors (Lipinski definition) is 1. The van der Waals surface area contributed by atoms with Crippen LogP contribution in [0.15, 0.2) is 48.5 Å². The zero-order chi connectivity index (χ0) is 16.7. The normalized spacial score (nSPS) is 19.2. The van der Waals surface area contributed by atoms with Crippen LogP contribution in [0, 0.1) is 5.92 Å². The molecule has 3 aromatic rings. The van der Waals surface area contributed by atoms with E-state index in [1.54, 1.807) is 7.11 Å². The Morgan fingerprint density at radius 2 is 1.83 bits per heavy atom. The Morgan fingerprint density at radius 1 is 1.08 bits per heavy atom. The Bertz CT molecular complexity index is 895. The largest absolute Gasteiger partial charge is 0.497 e. The topological polar surface area (TPSA) is 51.3 Å². The van der Waals surface area contributed by atoms with E-state index in [-0.39, 0.29) is 17.8 Å². The maximum atomic E-state index is 12.4. The maximum Gasteiger partial charge on any atom is 0.310 e. The Morgan fingerprint density at radius 3 is 2.54 bits per heavy atom. The highest BCUT2D eigenvalue weighted by molar-refractivity contribution is 5.88. The fraction of sp³-hybridized carbons (Fsp3) is 0.250. The third-order valence-electron chi connectivity index (χ3n) is 4.96. The Kier molecular flexibility index (Phi) is 3.53. The van der Waals surface area contributed by atoms with Crippen LogP contribution in [0.2, 0.25) is 0 Å². The van der Waals surface area contributed by atoms with Crippen molar-refractivity contribution in [3.63, 3.8) is 0 Å². The number of fused-ring (bicyclic) bond motifs is 3. The molecule has 2 aromatic carbocycles. The number of para-hydroxylation sites is 1. The first kappa shape index (κ1) is 14.8. The minimum atomic E-state index is -0.200. The number of esters is 1. The first-order chi connectivity index (χ1) is 11.7. The number of hydrogen-bond acceptors (Lipinski definition) is 3. The summed E-state index contributed by atoms with van der Waals surface area (Å²) in [6.07, 6.45) is 0.697. The summed E-state index contributed by atoms with van der Waals surface area (Å²) in [4.78, 5) is 15.9. The molecule has 0 fully saturated rings. The molecule has 2 unspecified atom stereocenters. The molecule has 0 bridgehead atoms. The quantitative estimate of drug-likeness (QED) is 0.749. The van der Waals surface area contributed by atoms with E-state index in [9.17, 15) is 4.79 Å². The van der Waals surface area contributed by atoms with E-state index in [0.29, 0.717) is 6.42 Å². The minimum absolute atomic E-state index is 0.0224. The molecule has 0 spiro atoms. The van der Waals surface area contributed by atoms with Crippen LogP contribution < -0.4 is 4.74 Å². The summed E-state index contributed by atoms with van der Waals surface area (Å²) in [6, 6.07) is 16.2. The zero-order valence-corrected chi connectivity index (χ0v) is 13.7. The number of carbonyl (C=O) groups is 1. The van der Waals surface area contributed by atoms with E-state index in [4.69, 9.17) is 9.47 Å². The van der Waals surface area contributed by atoms with Crippen LogP contribution in [0.1, 0.15) is 22.7 Å². The molecule has 0 saturated carbocycles. The highest BCUT2D eigenvalue weighted by atomic mass is 16.5. The number of methoxy groups -OCH3 is 2. The highest BCUT2D eigenvalue weighted by Crippen LogP contribution is 2.45. The lowest BCUT2D eigenvalue weighted by molar-refractivity contribution is -0.145. The molecule has 4 nitrogen and oxygen atoms in total. The highest BCUT2D eigenvalue weighted by Gasteiger charge is 2.41. The number of H-pyrrole nitrogens is 1. The van der Waals surface area contributed by atoms with E-state index in [1.807, 2.05) is 36.4 Å². The average Bonchev–Trinajstić information content (AvgIpc) is 3.17. The molecule has 2 atom stereocenters. The van der Waals surface area contributed by atoms with Gasteiger partial charge < -0.3 is 14.5 Å². The molecule has 1 aliphatic rings. The van der Waals surface area contributed by atoms with Crippen LogP contribution in [0.5, 0.6) is 5.75 Å². The van der Waals surface area contributed by atoms with Gasteiger partial charge in [0.2, 0.25) is 0 Å². The summed E-state index contributed by atoms with van der Waals surface area (Å²) in [6.45, 7) is 0. The molecule has 0 saturated heterocycles. The second kappa shape index (κ2) is 5.71. The van der Waals surface area contributed by atoms with Crippen molar-refractivity contribution >= 4 is 16.9 Å². The number of nitrogens with one attached hydrogen (secondary N) is 1. The van der Waals surface area contributed by atoms with E-state index in [0.717, 1.165) is 22.5 Å². The van der Waals surface area contributed by atoms with Crippen molar-refractivity contribution in [3.05, 3.63) is 65.4 Å². The third-order valence-corrected chi connectivity index (χ3v) is 4.96. The monoisotopic (exact) mass is 321 g/mol. The van der Waals surface area contributed by atoms with Crippen molar-refractivity contribution < 1.29 is 14.3 Å². The van der Waals surface area contributed by atoms with Crippen LogP contribution in [-0.2, 0) is 16.0 Å². The predicted molar refractivity (Wildman–Crippen MR) is 92.3 cm³/mol. The van der Waals surface area contributed by atoms with Gasteiger partial charge in [-0.2, -0.15) is 0 Å². The Balaban J connectivity index is 1.85. The SMILES string of the molecule is COC(=O)C1Cc2c([nH]c3ccccc23)C1c1ccc(OC)cc1. The molecular formula is C20H19NO3. The van der Waals surface area contributed by atoms with Crippen molar-refractivity contribution in [3.8, 4) is 5.75 Å². The first-order valence-corrected chi connectivity index (χ1v) is 8.04. The lowest BCUT2D eigenvalue weighted by Gasteiger charge is -2.19. The predicted octanol–water partition coefficient (Wildman–Crippen LogP) is 3.65. The fourth-order valence-electron chi connectivity index (χ4n) is 3.83. The summed E-state index contributed by atoms with van der Waals surface area (Å²) >= 11 is 0. The summed E-state index contributed by atoms with van der Waals surface area (Å²) in [5.41, 5.74) is 4.56. The van der Waals surface area contributed by atoms with Crippen LogP contribution >= 0.6 is 0 Å². The van der Waals surface area contributed by atoms with Crippen LogP contribution in [-0.4, -0.2) is 25.2 Å². The van der Waals surface area contributed by atoms with Gasteiger partial charge in [-0.25, -0.2) is 0 Å². The molecule has 1 heterocycles. The number of aromatic amines is 1. The van der Waals surface area contributed by atoms with Crippen LogP contribution in [0.3, 0.4) is 0 Å². The molecule has 0 aliphatic heterocycles. The molecule has 24 heavy (non-hydrogen) atoms. The molecule has 0 radical (unpaired) electrons. The zero-order valence-electron chi connectivity index (χ0n) is 13.7. The van der Waals surface area contributed by atoms with Gasteiger partial charge in [-0.05, 0) is 35.7 Å². The van der Waals surface area contributed by atoms with Gasteiger partial charge in [-0.15, -0.1) is 0 Å². The Hall–Kier alpha value is -2.75. The Labute approximate surface area is 140 Å². The van der Waals surface area contributed by atoms with Crippen LogP contribution in [0.25, 0.3) is 10.9 Å². The summed E-state index contributed by atoms with van der Waals surface area (Å²) < 4.78 is 10.3. The summed E-state index contributed by atoms with van der Waals surface area (Å²) in [7, 11) is 3.11. The van der Waals surface area contributed by atoms with Crippen molar-refractivity contribution in [2.75, 3.05) is 14.2 Å². The van der Waals surface area contributed by atoms with Crippen molar-refractivity contribution in [1.82, 2.24) is 4.98 Å². The van der Waals surface area contributed by atoms with E-state index in [1.165, 1.54) is 18.1 Å². The molecule has 122 valence electrons. The molecular weight excluding hydrogens is 302 g/mol. The molecule has 0 amide bonds. The molecule has 4 heteroatoms. The lowest BCUT2D eigenvalue weighted by atomic mass is 9.88. The smallest absolute Gasteiger partial charge is 0.310 e. The number of carbonyl (C=O) groups excluding carboxylic acids is 1. The fourth-order valence-corrected chi connectivity index (χ4v) is 3.83. The van der Waals surface area contributed by atoms with Gasteiger partial charge in [-0.1, -0.05) is 30.3 Å². The molecule has 1 aliphatic carbocycles. The number of aromatic nitrogens is 1. The van der Waals surface area contributed by atoms with Gasteiger partial charge in [0.15, 0.2) is 0 Å². The first-order valence-electron chi connectivity index (χ1n) is 8.04. The molecule has 4 rings (SSSR count). The van der Waals surface area contributed by atoms with Gasteiger partial charge in [0.25, 0.3) is 0 Å². The maximum absolute atomic E-state index is 12.4. The van der Waals surface area contributed by atoms with Crippen molar-refractivity contribution in [2.24, 2.45) is 5.92 Å². The summed E-state index contributed by atoms with van der Waals surface area (Å²) in [5, 5.41) is 1.19. The van der Waals surface area contributed by atoms with Crippen molar-refractivity contribution in [2.45, 2.75) is 12.3 Å². The minimum Gasteiger partial charge on any atom is -0.497 e. The second-order valence-electron chi connectivity index (χ2n) is 6.15. The molecule has 1 aromatic heterocycles. The van der Waals surface area contributed by atoms with Gasteiger partial charge in [0, 0.05) is 22.5 Å². The van der Waals surface area contributed by atoms with Gasteiger partial charge in [0.05, 0.1) is 20.1 Å². The average molecular weight is 321 g/mol. The van der Waals surface area contributed by atoms with Gasteiger partial charge >= 0.3 is 5.97 Å². The number of rotatable bonds is 3. The lowest BCUT2D eigenvalue weighted by Crippen LogP contribution is -2.22. The second-order valence-corrected chi connectivity index (χ2v) is 6.15. The van der Waals surface area contributed by atoms with Gasteiger partial charge in [-0.3, -0.25) is 4.79 Å². The van der Waals surface area contributed by atoms with E-state index >= 15 is 0 Å². The van der Waals surface area contributed by atoms with E-state index < -0.39 is 0 Å². The molecule has 1 N–H and O–H groups in total. The summed E-state index contributed by atoms with van der Waals surface area (Å²) in [5.74, 6) is 0.424.